The van der Waals surface area contributed by atoms with Crippen molar-refractivity contribution in [2.24, 2.45) is 0 Å². The number of hydrogen-bond acceptors (Lipinski definition) is 11. The van der Waals surface area contributed by atoms with Crippen molar-refractivity contribution in [3.8, 4) is 17.2 Å². The SMILES string of the molecule is OC[C@H]1O[C@@H](n2cnc3c(N4CCOCC4)nc(-n4cc(-c5ccccc5)nn4)nc32)[C@H](O)[C@@H]1O. The highest BCUT2D eigenvalue weighted by Crippen LogP contribution is 2.33. The first-order chi connectivity index (χ1) is 17.1. The van der Waals surface area contributed by atoms with Crippen molar-refractivity contribution in [1.29, 1.82) is 0 Å². The van der Waals surface area contributed by atoms with Crippen molar-refractivity contribution in [2.45, 2.75) is 24.5 Å². The highest BCUT2D eigenvalue weighted by atomic mass is 16.6. The highest BCUT2D eigenvalue weighted by molar-refractivity contribution is 5.84. The summed E-state index contributed by atoms with van der Waals surface area (Å²) in [5, 5.41) is 38.9. The molecule has 2 fully saturated rings. The largest absolute Gasteiger partial charge is 0.394 e. The van der Waals surface area contributed by atoms with E-state index in [1.165, 1.54) is 11.0 Å². The summed E-state index contributed by atoms with van der Waals surface area (Å²) in [5.41, 5.74) is 2.48. The smallest absolute Gasteiger partial charge is 0.256 e. The minimum absolute atomic E-state index is 0.266. The maximum atomic E-state index is 10.6. The van der Waals surface area contributed by atoms with E-state index in [0.717, 1.165) is 5.56 Å². The number of morpholine rings is 1. The molecule has 35 heavy (non-hydrogen) atoms. The average molecular weight is 480 g/mol. The van der Waals surface area contributed by atoms with E-state index in [4.69, 9.17) is 14.5 Å². The predicted molar refractivity (Wildman–Crippen MR) is 122 cm³/mol. The lowest BCUT2D eigenvalue weighted by atomic mass is 10.1. The molecule has 182 valence electrons. The van der Waals surface area contributed by atoms with Gasteiger partial charge in [-0.15, -0.1) is 5.10 Å². The summed E-state index contributed by atoms with van der Waals surface area (Å²) < 4.78 is 14.3. The molecular weight excluding hydrogens is 456 g/mol. The van der Waals surface area contributed by atoms with Gasteiger partial charge < -0.3 is 29.7 Å². The number of fused-ring (bicyclic) bond motifs is 1. The van der Waals surface area contributed by atoms with Crippen LogP contribution in [0, 0.1) is 0 Å². The number of aliphatic hydroxyl groups is 3. The molecule has 5 heterocycles. The molecule has 1 aromatic carbocycles. The monoisotopic (exact) mass is 480 g/mol. The Hall–Kier alpha value is -3.49. The minimum atomic E-state index is -1.27. The molecule has 13 heteroatoms. The number of aromatic nitrogens is 7. The topological polar surface area (TPSA) is 157 Å². The molecule has 3 N–H and O–H groups in total. The first-order valence-corrected chi connectivity index (χ1v) is 11.3. The Balaban J connectivity index is 1.47. The molecule has 0 amide bonds. The minimum Gasteiger partial charge on any atom is -0.394 e. The second kappa shape index (κ2) is 8.94. The van der Waals surface area contributed by atoms with Crippen molar-refractivity contribution in [1.82, 2.24) is 34.5 Å². The van der Waals surface area contributed by atoms with Crippen LogP contribution in [0.1, 0.15) is 6.23 Å². The van der Waals surface area contributed by atoms with Crippen LogP contribution in [0.25, 0.3) is 28.4 Å². The number of imidazole rings is 1. The summed E-state index contributed by atoms with van der Waals surface area (Å²) in [4.78, 5) is 16.0. The number of aliphatic hydroxyl groups excluding tert-OH is 3. The fourth-order valence-corrected chi connectivity index (χ4v) is 4.39. The van der Waals surface area contributed by atoms with E-state index < -0.39 is 31.1 Å². The van der Waals surface area contributed by atoms with Crippen LogP contribution in [-0.2, 0) is 9.47 Å². The van der Waals surface area contributed by atoms with Gasteiger partial charge in [-0.3, -0.25) is 4.57 Å². The van der Waals surface area contributed by atoms with Gasteiger partial charge in [0.2, 0.25) is 0 Å². The average Bonchev–Trinajstić information content (AvgIpc) is 3.63. The Morgan fingerprint density at radius 1 is 1.03 bits per heavy atom. The van der Waals surface area contributed by atoms with Crippen LogP contribution < -0.4 is 4.90 Å². The van der Waals surface area contributed by atoms with Crippen LogP contribution in [0.3, 0.4) is 0 Å². The van der Waals surface area contributed by atoms with Gasteiger partial charge in [0.1, 0.15) is 24.0 Å². The molecule has 3 aromatic heterocycles. The van der Waals surface area contributed by atoms with Crippen LogP contribution in [0.5, 0.6) is 0 Å². The van der Waals surface area contributed by atoms with Gasteiger partial charge in [-0.1, -0.05) is 35.5 Å². The maximum Gasteiger partial charge on any atom is 0.256 e. The van der Waals surface area contributed by atoms with Crippen molar-refractivity contribution in [3.05, 3.63) is 42.9 Å². The van der Waals surface area contributed by atoms with E-state index in [0.29, 0.717) is 49.0 Å². The molecule has 0 saturated carbocycles. The fraction of sp³-hybridized carbons (Fsp3) is 0.409. The lowest BCUT2D eigenvalue weighted by molar-refractivity contribution is -0.0511. The molecule has 0 radical (unpaired) electrons. The van der Waals surface area contributed by atoms with Crippen molar-refractivity contribution >= 4 is 17.0 Å². The molecule has 2 saturated heterocycles. The van der Waals surface area contributed by atoms with Crippen LogP contribution in [0.2, 0.25) is 0 Å². The number of ether oxygens (including phenoxy) is 2. The fourth-order valence-electron chi connectivity index (χ4n) is 4.39. The number of benzene rings is 1. The van der Waals surface area contributed by atoms with Crippen LogP contribution in [0.15, 0.2) is 42.9 Å². The van der Waals surface area contributed by atoms with E-state index >= 15 is 0 Å². The quantitative estimate of drug-likeness (QED) is 0.339. The predicted octanol–water partition coefficient (Wildman–Crippen LogP) is -0.478. The van der Waals surface area contributed by atoms with Gasteiger partial charge >= 0.3 is 0 Å². The van der Waals surface area contributed by atoms with Crippen LogP contribution in [0.4, 0.5) is 5.82 Å². The van der Waals surface area contributed by atoms with Crippen LogP contribution in [-0.4, -0.2) is 101 Å². The summed E-state index contributed by atoms with van der Waals surface area (Å²) in [6.45, 7) is 1.93. The summed E-state index contributed by atoms with van der Waals surface area (Å²) in [7, 11) is 0. The number of hydrogen-bond donors (Lipinski definition) is 3. The molecule has 0 spiro atoms. The van der Waals surface area contributed by atoms with E-state index in [1.807, 2.05) is 30.3 Å². The molecule has 0 aliphatic carbocycles. The Morgan fingerprint density at radius 3 is 2.57 bits per heavy atom. The van der Waals surface area contributed by atoms with E-state index in [-0.39, 0.29) is 5.95 Å². The zero-order valence-corrected chi connectivity index (χ0v) is 18.6. The first kappa shape index (κ1) is 22.0. The lowest BCUT2D eigenvalue weighted by Gasteiger charge is -2.28. The highest BCUT2D eigenvalue weighted by Gasteiger charge is 2.44. The van der Waals surface area contributed by atoms with Gasteiger partial charge in [0, 0.05) is 18.7 Å². The van der Waals surface area contributed by atoms with Crippen LogP contribution >= 0.6 is 0 Å². The Labute approximate surface area is 199 Å². The third-order valence-electron chi connectivity index (χ3n) is 6.26. The molecule has 0 unspecified atom stereocenters. The molecule has 4 atom stereocenters. The number of nitrogens with zero attached hydrogens (tertiary/aromatic N) is 8. The van der Waals surface area contributed by atoms with E-state index in [9.17, 15) is 15.3 Å². The zero-order chi connectivity index (χ0) is 23.9. The second-order valence-electron chi connectivity index (χ2n) is 8.41. The second-order valence-corrected chi connectivity index (χ2v) is 8.41. The van der Waals surface area contributed by atoms with Gasteiger partial charge in [0.25, 0.3) is 5.95 Å². The standard InChI is InChI=1S/C22H24N8O5/c31-11-15-17(32)18(33)21(35-15)29-12-23-16-19(28-6-8-34-9-7-28)24-22(25-20(16)29)30-10-14(26-27-30)13-4-2-1-3-5-13/h1-5,10,12,15,17-18,21,31-33H,6-9,11H2/t15-,17-,18-,21-/m1/s1. The Morgan fingerprint density at radius 2 is 1.83 bits per heavy atom. The van der Waals surface area contributed by atoms with Gasteiger partial charge in [-0.2, -0.15) is 14.6 Å². The summed E-state index contributed by atoms with van der Waals surface area (Å²) in [6, 6.07) is 9.65. The summed E-state index contributed by atoms with van der Waals surface area (Å²) in [5.74, 6) is 0.859. The zero-order valence-electron chi connectivity index (χ0n) is 18.6. The number of anilines is 1. The third-order valence-corrected chi connectivity index (χ3v) is 6.26. The number of rotatable bonds is 5. The summed E-state index contributed by atoms with van der Waals surface area (Å²) in [6.07, 6.45) is -1.19. The Bertz CT molecular complexity index is 1320. The normalized spacial score (nSPS) is 24.9. The molecule has 0 bridgehead atoms. The molecular formula is C22H24N8O5. The van der Waals surface area contributed by atoms with Gasteiger partial charge in [0.15, 0.2) is 23.2 Å². The van der Waals surface area contributed by atoms with Crippen molar-refractivity contribution in [3.63, 3.8) is 0 Å². The molecule has 13 nitrogen and oxygen atoms in total. The molecule has 4 aromatic rings. The molecule has 2 aliphatic rings. The van der Waals surface area contributed by atoms with Crippen molar-refractivity contribution in [2.75, 3.05) is 37.8 Å². The van der Waals surface area contributed by atoms with Gasteiger partial charge in [0.05, 0.1) is 32.3 Å². The molecule has 2 aliphatic heterocycles. The van der Waals surface area contributed by atoms with Crippen molar-refractivity contribution < 1.29 is 24.8 Å². The maximum absolute atomic E-state index is 10.6. The third kappa shape index (κ3) is 3.83. The molecule has 6 rings (SSSR count). The summed E-state index contributed by atoms with van der Waals surface area (Å²) >= 11 is 0. The first-order valence-electron chi connectivity index (χ1n) is 11.3. The van der Waals surface area contributed by atoms with Gasteiger partial charge in [-0.05, 0) is 0 Å². The van der Waals surface area contributed by atoms with E-state index in [1.54, 1.807) is 10.8 Å². The van der Waals surface area contributed by atoms with E-state index in [2.05, 4.69) is 25.2 Å². The van der Waals surface area contributed by atoms with Gasteiger partial charge in [-0.25, -0.2) is 4.98 Å². The lowest BCUT2D eigenvalue weighted by Crippen LogP contribution is -2.37. The Kier molecular flexibility index (Phi) is 5.62.